The third-order valence-corrected chi connectivity index (χ3v) is 4.38. The molecule has 0 saturated carbocycles. The molecule has 5 heteroatoms. The maximum atomic E-state index is 12.7. The monoisotopic (exact) mass is 354 g/mol. The molecule has 0 saturated heterocycles. The van der Waals surface area contributed by atoms with Crippen LogP contribution < -0.4 is 10.2 Å². The quantitative estimate of drug-likeness (QED) is 0.320. The molecule has 0 unspecified atom stereocenters. The normalized spacial score (nSPS) is 10.6. The first-order valence-corrected chi connectivity index (χ1v) is 8.38. The second-order valence-corrected chi connectivity index (χ2v) is 6.06. The minimum atomic E-state index is -0.460. The van der Waals surface area contributed by atoms with Crippen LogP contribution in [0.3, 0.4) is 0 Å². The van der Waals surface area contributed by atoms with Crippen LogP contribution in [0.1, 0.15) is 5.56 Å². The SMILES string of the molecule is N#Cc1ccc(OC(=O)Cn2c3ccccc3c(=O)c3ccccc32)cc1. The van der Waals surface area contributed by atoms with Gasteiger partial charge in [-0.3, -0.25) is 4.79 Å². The first-order valence-electron chi connectivity index (χ1n) is 8.38. The molecule has 0 fully saturated rings. The van der Waals surface area contributed by atoms with Crippen molar-refractivity contribution >= 4 is 27.8 Å². The van der Waals surface area contributed by atoms with E-state index in [4.69, 9.17) is 10.00 Å². The molecule has 0 aliphatic carbocycles. The van der Waals surface area contributed by atoms with Gasteiger partial charge in [0.05, 0.1) is 22.7 Å². The number of para-hydroxylation sites is 2. The molecule has 4 aromatic rings. The molecule has 0 radical (unpaired) electrons. The number of ether oxygens (including phenoxy) is 1. The number of pyridine rings is 1. The highest BCUT2D eigenvalue weighted by Gasteiger charge is 2.14. The van der Waals surface area contributed by atoms with Gasteiger partial charge in [-0.25, -0.2) is 4.79 Å². The van der Waals surface area contributed by atoms with Crippen molar-refractivity contribution in [1.29, 1.82) is 5.26 Å². The number of esters is 1. The van der Waals surface area contributed by atoms with E-state index in [2.05, 4.69) is 0 Å². The molecular weight excluding hydrogens is 340 g/mol. The predicted octanol–water partition coefficient (Wildman–Crippen LogP) is 3.63. The summed E-state index contributed by atoms with van der Waals surface area (Å²) in [6.07, 6.45) is 0. The van der Waals surface area contributed by atoms with Gasteiger partial charge in [0.1, 0.15) is 12.3 Å². The van der Waals surface area contributed by atoms with E-state index in [0.29, 0.717) is 33.1 Å². The predicted molar refractivity (Wildman–Crippen MR) is 103 cm³/mol. The van der Waals surface area contributed by atoms with Crippen molar-refractivity contribution in [2.75, 3.05) is 0 Å². The van der Waals surface area contributed by atoms with Crippen molar-refractivity contribution in [3.05, 3.63) is 88.6 Å². The van der Waals surface area contributed by atoms with E-state index < -0.39 is 5.97 Å². The summed E-state index contributed by atoms with van der Waals surface area (Å²) in [4.78, 5) is 25.2. The molecule has 0 aliphatic heterocycles. The van der Waals surface area contributed by atoms with Gasteiger partial charge in [0.25, 0.3) is 0 Å². The first kappa shape index (κ1) is 16.6. The van der Waals surface area contributed by atoms with Crippen molar-refractivity contribution < 1.29 is 9.53 Å². The number of hydrogen-bond acceptors (Lipinski definition) is 4. The van der Waals surface area contributed by atoms with E-state index in [0.717, 1.165) is 0 Å². The largest absolute Gasteiger partial charge is 0.425 e. The van der Waals surface area contributed by atoms with E-state index in [9.17, 15) is 9.59 Å². The van der Waals surface area contributed by atoms with Crippen LogP contribution in [0.4, 0.5) is 0 Å². The Kier molecular flexibility index (Phi) is 4.15. The molecule has 0 amide bonds. The Balaban J connectivity index is 1.76. The lowest BCUT2D eigenvalue weighted by Gasteiger charge is -2.14. The van der Waals surface area contributed by atoms with Crippen LogP contribution in [0.15, 0.2) is 77.6 Å². The number of hydrogen-bond donors (Lipinski definition) is 0. The molecular formula is C22H14N2O3. The number of carbonyl (C=O) groups is 1. The number of benzene rings is 3. The van der Waals surface area contributed by atoms with E-state index in [1.165, 1.54) is 0 Å². The summed E-state index contributed by atoms with van der Waals surface area (Å²) in [6.45, 7) is -0.0404. The van der Waals surface area contributed by atoms with Gasteiger partial charge in [-0.2, -0.15) is 5.26 Å². The van der Waals surface area contributed by atoms with Gasteiger partial charge < -0.3 is 9.30 Å². The highest BCUT2D eigenvalue weighted by Crippen LogP contribution is 2.20. The Hall–Kier alpha value is -3.91. The summed E-state index contributed by atoms with van der Waals surface area (Å²) in [7, 11) is 0. The second kappa shape index (κ2) is 6.77. The van der Waals surface area contributed by atoms with Crippen molar-refractivity contribution in [3.8, 4) is 11.8 Å². The molecule has 5 nitrogen and oxygen atoms in total. The maximum absolute atomic E-state index is 12.7. The molecule has 1 heterocycles. The average Bonchev–Trinajstić information content (AvgIpc) is 2.72. The molecule has 27 heavy (non-hydrogen) atoms. The van der Waals surface area contributed by atoms with E-state index in [-0.39, 0.29) is 12.0 Å². The van der Waals surface area contributed by atoms with E-state index in [1.807, 2.05) is 30.3 Å². The van der Waals surface area contributed by atoms with Gasteiger partial charge in [0.2, 0.25) is 0 Å². The summed E-state index contributed by atoms with van der Waals surface area (Å²) in [5, 5.41) is 9.96. The van der Waals surface area contributed by atoms with E-state index >= 15 is 0 Å². The van der Waals surface area contributed by atoms with Crippen molar-refractivity contribution in [2.24, 2.45) is 0 Å². The molecule has 1 aromatic heterocycles. The van der Waals surface area contributed by atoms with Crippen LogP contribution in [-0.4, -0.2) is 10.5 Å². The molecule has 0 bridgehead atoms. The Morgan fingerprint density at radius 2 is 1.44 bits per heavy atom. The fraction of sp³-hybridized carbons (Fsp3) is 0.0455. The number of carbonyl (C=O) groups excluding carboxylic acids is 1. The number of rotatable bonds is 3. The topological polar surface area (TPSA) is 72.1 Å². The highest BCUT2D eigenvalue weighted by atomic mass is 16.5. The zero-order valence-electron chi connectivity index (χ0n) is 14.3. The Morgan fingerprint density at radius 3 is 2.00 bits per heavy atom. The smallest absolute Gasteiger partial charge is 0.331 e. The van der Waals surface area contributed by atoms with Crippen LogP contribution in [0, 0.1) is 11.3 Å². The Bertz CT molecular complexity index is 1200. The average molecular weight is 354 g/mol. The number of aromatic nitrogens is 1. The molecule has 0 atom stereocenters. The van der Waals surface area contributed by atoms with Crippen LogP contribution >= 0.6 is 0 Å². The number of nitriles is 1. The first-order chi connectivity index (χ1) is 13.2. The molecule has 130 valence electrons. The van der Waals surface area contributed by atoms with Crippen molar-refractivity contribution in [1.82, 2.24) is 4.57 Å². The van der Waals surface area contributed by atoms with Gasteiger partial charge in [-0.05, 0) is 48.5 Å². The van der Waals surface area contributed by atoms with Crippen LogP contribution in [0.2, 0.25) is 0 Å². The zero-order valence-corrected chi connectivity index (χ0v) is 14.3. The van der Waals surface area contributed by atoms with E-state index in [1.54, 1.807) is 53.1 Å². The Labute approximate surface area is 154 Å². The minimum Gasteiger partial charge on any atom is -0.425 e. The lowest BCUT2D eigenvalue weighted by atomic mass is 10.1. The fourth-order valence-corrected chi connectivity index (χ4v) is 3.14. The molecule has 0 spiro atoms. The molecule has 0 N–H and O–H groups in total. The Morgan fingerprint density at radius 1 is 0.889 bits per heavy atom. The summed E-state index contributed by atoms with van der Waals surface area (Å²) in [5.41, 5.74) is 1.79. The molecule has 3 aromatic carbocycles. The lowest BCUT2D eigenvalue weighted by Crippen LogP contribution is -2.19. The number of nitrogens with zero attached hydrogens (tertiary/aromatic N) is 2. The van der Waals surface area contributed by atoms with Crippen LogP contribution in [-0.2, 0) is 11.3 Å². The second-order valence-electron chi connectivity index (χ2n) is 6.06. The summed E-state index contributed by atoms with van der Waals surface area (Å²) in [5.74, 6) is -0.0904. The summed E-state index contributed by atoms with van der Waals surface area (Å²) in [6, 6.07) is 22.8. The van der Waals surface area contributed by atoms with Gasteiger partial charge in [0, 0.05) is 10.8 Å². The van der Waals surface area contributed by atoms with Crippen LogP contribution in [0.25, 0.3) is 21.8 Å². The third-order valence-electron chi connectivity index (χ3n) is 4.38. The standard InChI is InChI=1S/C22H14N2O3/c23-13-15-9-11-16(12-10-15)27-21(25)14-24-19-7-3-1-5-17(19)22(26)18-6-2-4-8-20(18)24/h1-12H,14H2. The van der Waals surface area contributed by atoms with Gasteiger partial charge in [-0.1, -0.05) is 24.3 Å². The highest BCUT2D eigenvalue weighted by molar-refractivity contribution is 5.94. The fourth-order valence-electron chi connectivity index (χ4n) is 3.14. The van der Waals surface area contributed by atoms with Gasteiger partial charge >= 0.3 is 5.97 Å². The molecule has 0 aliphatic rings. The third kappa shape index (κ3) is 3.05. The summed E-state index contributed by atoms with van der Waals surface area (Å²) < 4.78 is 7.19. The minimum absolute atomic E-state index is 0.0404. The lowest BCUT2D eigenvalue weighted by molar-refractivity contribution is -0.134. The zero-order chi connectivity index (χ0) is 18.8. The maximum Gasteiger partial charge on any atom is 0.331 e. The molecule has 4 rings (SSSR count). The van der Waals surface area contributed by atoms with Crippen molar-refractivity contribution in [3.63, 3.8) is 0 Å². The number of fused-ring (bicyclic) bond motifs is 2. The van der Waals surface area contributed by atoms with Gasteiger partial charge in [-0.15, -0.1) is 0 Å². The van der Waals surface area contributed by atoms with Crippen molar-refractivity contribution in [2.45, 2.75) is 6.54 Å². The van der Waals surface area contributed by atoms with Gasteiger partial charge in [0.15, 0.2) is 5.43 Å². The summed E-state index contributed by atoms with van der Waals surface area (Å²) >= 11 is 0. The van der Waals surface area contributed by atoms with Crippen LogP contribution in [0.5, 0.6) is 5.75 Å².